The average molecular weight is 281 g/mol. The van der Waals surface area contributed by atoms with Crippen LogP contribution in [0, 0.1) is 0 Å². The first-order valence-electron chi connectivity index (χ1n) is 6.72. The summed E-state index contributed by atoms with van der Waals surface area (Å²) >= 11 is 0. The Hall–Kier alpha value is -1.75. The van der Waals surface area contributed by atoms with Gasteiger partial charge in [0.15, 0.2) is 11.5 Å². The van der Waals surface area contributed by atoms with Crippen LogP contribution in [0.25, 0.3) is 0 Å². The van der Waals surface area contributed by atoms with Gasteiger partial charge in [0.2, 0.25) is 0 Å². The molecule has 2 N–H and O–H groups in total. The summed E-state index contributed by atoms with van der Waals surface area (Å²) < 4.78 is 10.3. The summed E-state index contributed by atoms with van der Waals surface area (Å²) in [6.45, 7) is 4.02. The van der Waals surface area contributed by atoms with Gasteiger partial charge in [0.05, 0.1) is 19.8 Å². The number of methoxy groups -OCH3 is 2. The number of benzene rings is 1. The summed E-state index contributed by atoms with van der Waals surface area (Å²) in [6.07, 6.45) is 1.19. The van der Waals surface area contributed by atoms with E-state index in [4.69, 9.17) is 9.47 Å². The average Bonchev–Trinajstić information content (AvgIpc) is 2.51. The normalized spacial score (nSPS) is 11.1. The molecule has 0 aliphatic rings. The van der Waals surface area contributed by atoms with Crippen molar-refractivity contribution in [1.82, 2.24) is 5.32 Å². The van der Waals surface area contributed by atoms with Crippen LogP contribution in [0.15, 0.2) is 18.2 Å². The topological polar surface area (TPSA) is 67.8 Å². The molecule has 0 heterocycles. The summed E-state index contributed by atoms with van der Waals surface area (Å²) in [4.78, 5) is 12.1. The number of carbonyl (C=O) groups excluding carboxylic acids is 1. The monoisotopic (exact) mass is 281 g/mol. The zero-order chi connectivity index (χ0) is 15.2. The van der Waals surface area contributed by atoms with Crippen molar-refractivity contribution in [1.29, 1.82) is 0 Å². The molecule has 0 unspecified atom stereocenters. The lowest BCUT2D eigenvalue weighted by atomic mass is 9.97. The van der Waals surface area contributed by atoms with Crippen molar-refractivity contribution >= 4 is 5.91 Å². The van der Waals surface area contributed by atoms with Crippen molar-refractivity contribution < 1.29 is 19.4 Å². The minimum Gasteiger partial charge on any atom is -0.493 e. The number of rotatable bonds is 7. The second-order valence-corrected chi connectivity index (χ2v) is 4.68. The van der Waals surface area contributed by atoms with Crippen LogP contribution in [0.1, 0.15) is 37.0 Å². The third-order valence-electron chi connectivity index (χ3n) is 3.54. The molecular formula is C15H23NO4. The van der Waals surface area contributed by atoms with Gasteiger partial charge in [-0.3, -0.25) is 4.79 Å². The highest BCUT2D eigenvalue weighted by atomic mass is 16.5. The second kappa shape index (κ2) is 7.14. The predicted molar refractivity (Wildman–Crippen MR) is 77.4 cm³/mol. The summed E-state index contributed by atoms with van der Waals surface area (Å²) in [5.41, 5.74) is -0.385. The zero-order valence-corrected chi connectivity index (χ0v) is 12.5. The van der Waals surface area contributed by atoms with Crippen molar-refractivity contribution in [2.45, 2.75) is 32.3 Å². The summed E-state index contributed by atoms with van der Waals surface area (Å²) in [5, 5.41) is 12.9. The summed E-state index contributed by atoms with van der Waals surface area (Å²) in [6, 6.07) is 4.96. The van der Waals surface area contributed by atoms with Gasteiger partial charge in [0, 0.05) is 12.1 Å². The van der Waals surface area contributed by atoms with Crippen LogP contribution in [0.3, 0.4) is 0 Å². The van der Waals surface area contributed by atoms with Gasteiger partial charge >= 0.3 is 0 Å². The standard InChI is InChI=1S/C15H23NO4/c1-5-15(18,6-2)10-16-14(17)11-7-8-12(19-3)13(9-11)20-4/h7-9,18H,5-6,10H2,1-4H3,(H,16,17). The minimum absolute atomic E-state index is 0.229. The molecule has 1 aromatic rings. The Kier molecular flexibility index (Phi) is 5.82. The van der Waals surface area contributed by atoms with Crippen LogP contribution in [0.5, 0.6) is 11.5 Å². The van der Waals surface area contributed by atoms with E-state index in [0.29, 0.717) is 29.9 Å². The molecule has 0 saturated heterocycles. The molecule has 0 spiro atoms. The number of ether oxygens (including phenoxy) is 2. The Morgan fingerprint density at radius 2 is 1.80 bits per heavy atom. The molecule has 1 amide bonds. The Bertz CT molecular complexity index is 455. The van der Waals surface area contributed by atoms with Gasteiger partial charge in [-0.2, -0.15) is 0 Å². The SMILES string of the molecule is CCC(O)(CC)CNC(=O)c1ccc(OC)c(OC)c1. The number of nitrogens with one attached hydrogen (secondary N) is 1. The molecule has 0 atom stereocenters. The van der Waals surface area contributed by atoms with Crippen LogP contribution in [-0.2, 0) is 0 Å². The number of aliphatic hydroxyl groups is 1. The van der Waals surface area contributed by atoms with Crippen LogP contribution >= 0.6 is 0 Å². The number of amides is 1. The molecular weight excluding hydrogens is 258 g/mol. The fourth-order valence-electron chi connectivity index (χ4n) is 1.82. The zero-order valence-electron chi connectivity index (χ0n) is 12.5. The van der Waals surface area contributed by atoms with Crippen molar-refractivity contribution in [3.8, 4) is 11.5 Å². The largest absolute Gasteiger partial charge is 0.493 e. The lowest BCUT2D eigenvalue weighted by Gasteiger charge is -2.25. The van der Waals surface area contributed by atoms with Gasteiger partial charge in [-0.15, -0.1) is 0 Å². The van der Waals surface area contributed by atoms with E-state index in [2.05, 4.69) is 5.32 Å². The van der Waals surface area contributed by atoms with E-state index in [9.17, 15) is 9.90 Å². The lowest BCUT2D eigenvalue weighted by Crippen LogP contribution is -2.42. The molecule has 0 saturated carbocycles. The third kappa shape index (κ3) is 3.87. The van der Waals surface area contributed by atoms with E-state index in [-0.39, 0.29) is 12.5 Å². The van der Waals surface area contributed by atoms with E-state index < -0.39 is 5.60 Å². The maximum Gasteiger partial charge on any atom is 0.251 e. The highest BCUT2D eigenvalue weighted by Gasteiger charge is 2.23. The summed E-state index contributed by atoms with van der Waals surface area (Å²) in [7, 11) is 3.06. The number of carbonyl (C=O) groups is 1. The van der Waals surface area contributed by atoms with E-state index in [1.54, 1.807) is 25.3 Å². The summed E-state index contributed by atoms with van der Waals surface area (Å²) in [5.74, 6) is 0.829. The molecule has 0 aliphatic carbocycles. The molecule has 5 heteroatoms. The first-order chi connectivity index (χ1) is 9.49. The van der Waals surface area contributed by atoms with Crippen molar-refractivity contribution in [3.63, 3.8) is 0 Å². The molecule has 0 aromatic heterocycles. The highest BCUT2D eigenvalue weighted by Crippen LogP contribution is 2.27. The number of hydrogen-bond acceptors (Lipinski definition) is 4. The van der Waals surface area contributed by atoms with Gasteiger partial charge in [-0.25, -0.2) is 0 Å². The van der Waals surface area contributed by atoms with E-state index >= 15 is 0 Å². The quantitative estimate of drug-likeness (QED) is 0.802. The molecule has 0 radical (unpaired) electrons. The van der Waals surface area contributed by atoms with Gasteiger partial charge in [0.25, 0.3) is 5.91 Å². The molecule has 1 aromatic carbocycles. The fraction of sp³-hybridized carbons (Fsp3) is 0.533. The van der Waals surface area contributed by atoms with Crippen LogP contribution < -0.4 is 14.8 Å². The van der Waals surface area contributed by atoms with Gasteiger partial charge < -0.3 is 19.9 Å². The minimum atomic E-state index is -0.855. The van der Waals surface area contributed by atoms with Gasteiger partial charge in [-0.05, 0) is 31.0 Å². The molecule has 0 aliphatic heterocycles. The Labute approximate surface area is 119 Å². The lowest BCUT2D eigenvalue weighted by molar-refractivity contribution is 0.0314. The van der Waals surface area contributed by atoms with E-state index in [1.807, 2.05) is 13.8 Å². The molecule has 112 valence electrons. The first-order valence-corrected chi connectivity index (χ1v) is 6.72. The molecule has 20 heavy (non-hydrogen) atoms. The number of hydrogen-bond donors (Lipinski definition) is 2. The van der Waals surface area contributed by atoms with Crippen LogP contribution in [0.2, 0.25) is 0 Å². The first kappa shape index (κ1) is 16.3. The Morgan fingerprint density at radius 3 is 2.30 bits per heavy atom. The smallest absolute Gasteiger partial charge is 0.251 e. The predicted octanol–water partition coefficient (Wildman–Crippen LogP) is 1.98. The maximum absolute atomic E-state index is 12.1. The van der Waals surface area contributed by atoms with Gasteiger partial charge in [0.1, 0.15) is 0 Å². The van der Waals surface area contributed by atoms with E-state index in [0.717, 1.165) is 0 Å². The van der Waals surface area contributed by atoms with Crippen LogP contribution in [0.4, 0.5) is 0 Å². The molecule has 5 nitrogen and oxygen atoms in total. The third-order valence-corrected chi connectivity index (χ3v) is 3.54. The van der Waals surface area contributed by atoms with Crippen LogP contribution in [-0.4, -0.2) is 37.4 Å². The van der Waals surface area contributed by atoms with Crippen molar-refractivity contribution in [2.75, 3.05) is 20.8 Å². The van der Waals surface area contributed by atoms with Crippen molar-refractivity contribution in [2.24, 2.45) is 0 Å². The Balaban J connectivity index is 2.78. The Morgan fingerprint density at radius 1 is 1.20 bits per heavy atom. The molecule has 1 rings (SSSR count). The fourth-order valence-corrected chi connectivity index (χ4v) is 1.82. The van der Waals surface area contributed by atoms with E-state index in [1.165, 1.54) is 7.11 Å². The van der Waals surface area contributed by atoms with Crippen molar-refractivity contribution in [3.05, 3.63) is 23.8 Å². The second-order valence-electron chi connectivity index (χ2n) is 4.68. The molecule has 0 fully saturated rings. The molecule has 0 bridgehead atoms. The highest BCUT2D eigenvalue weighted by molar-refractivity contribution is 5.94. The maximum atomic E-state index is 12.1. The van der Waals surface area contributed by atoms with Gasteiger partial charge in [-0.1, -0.05) is 13.8 Å².